The van der Waals surface area contributed by atoms with E-state index in [1.165, 1.54) is 0 Å². The fourth-order valence-corrected chi connectivity index (χ4v) is 4.74. The maximum Gasteiger partial charge on any atom is 0.119 e. The Kier molecular flexibility index (Phi) is 7.89. The Morgan fingerprint density at radius 1 is 1.06 bits per heavy atom. The Hall–Kier alpha value is -1.45. The Morgan fingerprint density at radius 2 is 1.84 bits per heavy atom. The van der Waals surface area contributed by atoms with E-state index in [0.717, 1.165) is 36.5 Å². The second-order valence-electron chi connectivity index (χ2n) is 8.83. The zero-order valence-corrected chi connectivity index (χ0v) is 18.6. The molecular weight excluding hydrogens is 436 g/mol. The van der Waals surface area contributed by atoms with Crippen LogP contribution in [0.2, 0.25) is 0 Å². The lowest BCUT2D eigenvalue weighted by Crippen LogP contribution is -2.60. The highest BCUT2D eigenvalue weighted by atomic mass is 35.5. The lowest BCUT2D eigenvalue weighted by atomic mass is 9.81. The summed E-state index contributed by atoms with van der Waals surface area (Å²) in [7, 11) is 0. The summed E-state index contributed by atoms with van der Waals surface area (Å²) < 4.78 is 17.0. The first kappa shape index (κ1) is 23.7. The van der Waals surface area contributed by atoms with E-state index in [-0.39, 0.29) is 5.92 Å². The molecule has 0 saturated carbocycles. The van der Waals surface area contributed by atoms with Gasteiger partial charge < -0.3 is 34.6 Å². The van der Waals surface area contributed by atoms with Crippen LogP contribution in [0, 0.1) is 11.8 Å². The molecule has 4 N–H and O–H groups in total. The molecule has 1 aromatic rings. The van der Waals surface area contributed by atoms with Gasteiger partial charge in [0.25, 0.3) is 0 Å². The molecule has 0 aromatic heterocycles. The first-order valence-electron chi connectivity index (χ1n) is 11.1. The molecule has 1 aliphatic carbocycles. The molecule has 2 saturated heterocycles. The predicted molar refractivity (Wildman–Crippen MR) is 118 cm³/mol. The lowest BCUT2D eigenvalue weighted by molar-refractivity contribution is -0.237. The van der Waals surface area contributed by atoms with Gasteiger partial charge in [0.2, 0.25) is 0 Å². The summed E-state index contributed by atoms with van der Waals surface area (Å²) >= 11 is 6.46. The third-order valence-corrected chi connectivity index (χ3v) is 6.90. The van der Waals surface area contributed by atoms with Crippen LogP contribution in [-0.4, -0.2) is 77.4 Å². The molecule has 0 spiro atoms. The third-order valence-electron chi connectivity index (χ3n) is 6.51. The molecule has 0 amide bonds. The Balaban J connectivity index is 1.37. The van der Waals surface area contributed by atoms with Crippen molar-refractivity contribution in [1.29, 1.82) is 0 Å². The Bertz CT molecular complexity index is 816. The summed E-state index contributed by atoms with van der Waals surface area (Å²) in [5, 5.41) is 40.7. The normalized spacial score (nSPS) is 35.3. The van der Waals surface area contributed by atoms with Gasteiger partial charge in [0.15, 0.2) is 0 Å². The van der Waals surface area contributed by atoms with Crippen LogP contribution in [0.15, 0.2) is 47.0 Å². The maximum atomic E-state index is 10.5. The molecule has 7 nitrogen and oxygen atoms in total. The number of benzene rings is 1. The number of hydrogen-bond acceptors (Lipinski definition) is 7. The van der Waals surface area contributed by atoms with Gasteiger partial charge >= 0.3 is 0 Å². The standard InChI is InChI=1S/C24H31ClO7/c25-19-6-3-16(24-23(29)22(28)21(27)20(11-26)32-24)10-17(19)9-14-1-4-18(5-2-14)31-13-15-7-8-30-12-15/h1-6,15-16,20-24,26-29H,7-13H2/t15?,16?,20-,21-,22?,23-,24+/m1/s1. The fourth-order valence-electron chi connectivity index (χ4n) is 4.52. The number of aliphatic hydroxyl groups excluding tert-OH is 4. The van der Waals surface area contributed by atoms with Crippen molar-refractivity contribution >= 4 is 11.6 Å². The SMILES string of the molecule is OC[C@H]1O[C@@H](C2C=CC(Cl)=C(Cc3ccc(OCC4CCOC4)cc3)C2)[C@H](O)C(O)[C@@H]1O. The first-order valence-corrected chi connectivity index (χ1v) is 11.5. The summed E-state index contributed by atoms with van der Waals surface area (Å²) in [6, 6.07) is 7.93. The molecule has 4 rings (SSSR count). The van der Waals surface area contributed by atoms with Crippen molar-refractivity contribution in [2.75, 3.05) is 26.4 Å². The van der Waals surface area contributed by atoms with Gasteiger partial charge in [-0.1, -0.05) is 29.8 Å². The van der Waals surface area contributed by atoms with Crippen LogP contribution >= 0.6 is 11.6 Å². The van der Waals surface area contributed by atoms with Gasteiger partial charge in [-0.05, 0) is 48.6 Å². The van der Waals surface area contributed by atoms with Gasteiger partial charge in [-0.15, -0.1) is 0 Å². The van der Waals surface area contributed by atoms with E-state index < -0.39 is 37.1 Å². The van der Waals surface area contributed by atoms with Crippen LogP contribution in [0.4, 0.5) is 0 Å². The average Bonchev–Trinajstić information content (AvgIpc) is 3.33. The summed E-state index contributed by atoms with van der Waals surface area (Å²) in [6.45, 7) is 1.78. The third kappa shape index (κ3) is 5.37. The predicted octanol–water partition coefficient (Wildman–Crippen LogP) is 1.56. The van der Waals surface area contributed by atoms with E-state index in [4.69, 9.17) is 25.8 Å². The van der Waals surface area contributed by atoms with Crippen molar-refractivity contribution in [2.24, 2.45) is 11.8 Å². The topological polar surface area (TPSA) is 109 Å². The van der Waals surface area contributed by atoms with Gasteiger partial charge in [-0.3, -0.25) is 0 Å². The quantitative estimate of drug-likeness (QED) is 0.483. The van der Waals surface area contributed by atoms with Crippen molar-refractivity contribution in [3.05, 3.63) is 52.6 Å². The number of allylic oxidation sites excluding steroid dienone is 3. The molecule has 2 heterocycles. The number of rotatable bonds is 7. The van der Waals surface area contributed by atoms with E-state index in [9.17, 15) is 20.4 Å². The van der Waals surface area contributed by atoms with Gasteiger partial charge in [0.1, 0.15) is 30.2 Å². The molecule has 1 aromatic carbocycles. The molecule has 32 heavy (non-hydrogen) atoms. The minimum absolute atomic E-state index is 0.241. The van der Waals surface area contributed by atoms with Crippen molar-refractivity contribution < 1.29 is 34.6 Å². The van der Waals surface area contributed by atoms with E-state index in [0.29, 0.717) is 30.4 Å². The van der Waals surface area contributed by atoms with Crippen LogP contribution < -0.4 is 4.74 Å². The number of ether oxygens (including phenoxy) is 3. The van der Waals surface area contributed by atoms with Gasteiger partial charge in [-0.25, -0.2) is 0 Å². The molecule has 2 aliphatic heterocycles. The fraction of sp³-hybridized carbons (Fsp3) is 0.583. The summed E-state index contributed by atoms with van der Waals surface area (Å²) in [4.78, 5) is 0. The van der Waals surface area contributed by atoms with Crippen LogP contribution in [0.3, 0.4) is 0 Å². The number of hydrogen-bond donors (Lipinski definition) is 4. The van der Waals surface area contributed by atoms with E-state index in [1.54, 1.807) is 6.08 Å². The van der Waals surface area contributed by atoms with Crippen LogP contribution in [0.1, 0.15) is 18.4 Å². The molecule has 7 atom stereocenters. The molecule has 3 unspecified atom stereocenters. The molecule has 0 radical (unpaired) electrons. The minimum atomic E-state index is -1.38. The number of aliphatic hydroxyl groups is 4. The van der Waals surface area contributed by atoms with Gasteiger partial charge in [0.05, 0.1) is 25.9 Å². The second kappa shape index (κ2) is 10.7. The van der Waals surface area contributed by atoms with Gasteiger partial charge in [-0.2, -0.15) is 0 Å². The molecule has 2 fully saturated rings. The average molecular weight is 467 g/mol. The highest BCUT2D eigenvalue weighted by Gasteiger charge is 2.46. The number of halogens is 1. The van der Waals surface area contributed by atoms with Crippen molar-refractivity contribution in [1.82, 2.24) is 0 Å². The molecule has 176 valence electrons. The first-order chi connectivity index (χ1) is 15.5. The Labute approximate surface area is 192 Å². The van der Waals surface area contributed by atoms with Crippen molar-refractivity contribution in [3.8, 4) is 5.75 Å². The monoisotopic (exact) mass is 466 g/mol. The summed E-state index contributed by atoms with van der Waals surface area (Å²) in [5.41, 5.74) is 2.07. The van der Waals surface area contributed by atoms with Crippen molar-refractivity contribution in [3.63, 3.8) is 0 Å². The van der Waals surface area contributed by atoms with Gasteiger partial charge in [0, 0.05) is 23.5 Å². The highest BCUT2D eigenvalue weighted by molar-refractivity contribution is 6.31. The minimum Gasteiger partial charge on any atom is -0.493 e. The van der Waals surface area contributed by atoms with E-state index in [1.807, 2.05) is 30.3 Å². The van der Waals surface area contributed by atoms with Crippen LogP contribution in [-0.2, 0) is 15.9 Å². The Morgan fingerprint density at radius 3 is 2.53 bits per heavy atom. The van der Waals surface area contributed by atoms with Crippen molar-refractivity contribution in [2.45, 2.75) is 49.8 Å². The summed E-state index contributed by atoms with van der Waals surface area (Å²) in [5.74, 6) is 1.03. The second-order valence-corrected chi connectivity index (χ2v) is 9.24. The largest absolute Gasteiger partial charge is 0.493 e. The smallest absolute Gasteiger partial charge is 0.119 e. The molecular formula is C24H31ClO7. The van der Waals surface area contributed by atoms with Crippen LogP contribution in [0.5, 0.6) is 5.75 Å². The van der Waals surface area contributed by atoms with Crippen LogP contribution in [0.25, 0.3) is 0 Å². The van der Waals surface area contributed by atoms with E-state index >= 15 is 0 Å². The molecule has 3 aliphatic rings. The molecule has 8 heteroatoms. The maximum absolute atomic E-state index is 10.5. The highest BCUT2D eigenvalue weighted by Crippen LogP contribution is 2.36. The van der Waals surface area contributed by atoms with E-state index in [2.05, 4.69) is 0 Å². The zero-order valence-electron chi connectivity index (χ0n) is 17.8. The lowest BCUT2D eigenvalue weighted by Gasteiger charge is -2.43. The summed E-state index contributed by atoms with van der Waals surface area (Å²) in [6.07, 6.45) is 0.168. The zero-order chi connectivity index (χ0) is 22.7. The molecule has 0 bridgehead atoms.